The number of halogens is 3. The largest absolute Gasteiger partial charge is 0.416 e. The lowest BCUT2D eigenvalue weighted by molar-refractivity contribution is -0.137. The summed E-state index contributed by atoms with van der Waals surface area (Å²) in [5, 5.41) is 0. The molecule has 0 saturated heterocycles. The molecular weight excluding hydrogens is 217 g/mol. The van der Waals surface area contributed by atoms with Crippen LogP contribution in [-0.4, -0.2) is 6.54 Å². The van der Waals surface area contributed by atoms with Gasteiger partial charge in [0.1, 0.15) is 0 Å². The van der Waals surface area contributed by atoms with E-state index in [1.807, 2.05) is 0 Å². The van der Waals surface area contributed by atoms with Crippen molar-refractivity contribution in [3.63, 3.8) is 0 Å². The van der Waals surface area contributed by atoms with Crippen molar-refractivity contribution in [2.24, 2.45) is 5.73 Å². The average molecular weight is 228 g/mol. The Morgan fingerprint density at radius 3 is 2.44 bits per heavy atom. The van der Waals surface area contributed by atoms with E-state index in [1.165, 1.54) is 6.07 Å². The molecule has 1 aromatic carbocycles. The first-order chi connectivity index (χ1) is 7.45. The highest BCUT2D eigenvalue weighted by Crippen LogP contribution is 2.31. The Bertz CT molecular complexity index is 427. The molecule has 0 aliphatic heterocycles. The van der Waals surface area contributed by atoms with Gasteiger partial charge in [0.15, 0.2) is 0 Å². The molecule has 0 atom stereocenters. The highest BCUT2D eigenvalue weighted by molar-refractivity contribution is 5.57. The number of anilines is 1. The van der Waals surface area contributed by atoms with Gasteiger partial charge >= 0.3 is 6.18 Å². The summed E-state index contributed by atoms with van der Waals surface area (Å²) in [6.07, 6.45) is -3.89. The second-order valence-electron chi connectivity index (χ2n) is 3.14. The Morgan fingerprint density at radius 1 is 1.25 bits per heavy atom. The standard InChI is InChI=1S/C11H11F3N2/c12-11(13,14)9-5-4-8(10(16)7-9)3-1-2-6-15/h4-5,7H,2,6,15-16H2. The number of alkyl halides is 3. The van der Waals surface area contributed by atoms with Crippen LogP contribution in [0.1, 0.15) is 17.5 Å². The molecule has 0 radical (unpaired) electrons. The van der Waals surface area contributed by atoms with Crippen LogP contribution in [0, 0.1) is 11.8 Å². The fourth-order valence-electron chi connectivity index (χ4n) is 1.08. The topological polar surface area (TPSA) is 52.0 Å². The average Bonchev–Trinajstić information content (AvgIpc) is 2.19. The summed E-state index contributed by atoms with van der Waals surface area (Å²) in [7, 11) is 0. The smallest absolute Gasteiger partial charge is 0.398 e. The summed E-state index contributed by atoms with van der Waals surface area (Å²) in [5.74, 6) is 5.38. The number of hydrogen-bond donors (Lipinski definition) is 2. The predicted octanol–water partition coefficient (Wildman–Crippen LogP) is 1.99. The van der Waals surface area contributed by atoms with Crippen LogP contribution in [0.2, 0.25) is 0 Å². The van der Waals surface area contributed by atoms with E-state index in [1.54, 1.807) is 0 Å². The van der Waals surface area contributed by atoms with Crippen LogP contribution < -0.4 is 11.5 Å². The van der Waals surface area contributed by atoms with Gasteiger partial charge in [0.25, 0.3) is 0 Å². The Morgan fingerprint density at radius 2 is 1.94 bits per heavy atom. The van der Waals surface area contributed by atoms with Gasteiger partial charge in [-0.3, -0.25) is 0 Å². The maximum Gasteiger partial charge on any atom is 0.416 e. The Balaban J connectivity index is 2.98. The van der Waals surface area contributed by atoms with E-state index in [0.29, 0.717) is 18.5 Å². The first-order valence-corrected chi connectivity index (χ1v) is 4.61. The summed E-state index contributed by atoms with van der Waals surface area (Å²) in [6.45, 7) is 0.410. The summed E-state index contributed by atoms with van der Waals surface area (Å²) in [4.78, 5) is 0. The second kappa shape index (κ2) is 4.90. The van der Waals surface area contributed by atoms with E-state index in [4.69, 9.17) is 11.5 Å². The third-order valence-electron chi connectivity index (χ3n) is 1.87. The van der Waals surface area contributed by atoms with E-state index < -0.39 is 11.7 Å². The molecule has 4 N–H and O–H groups in total. The fraction of sp³-hybridized carbons (Fsp3) is 0.273. The monoisotopic (exact) mass is 228 g/mol. The molecule has 0 spiro atoms. The van der Waals surface area contributed by atoms with Crippen LogP contribution >= 0.6 is 0 Å². The lowest BCUT2D eigenvalue weighted by atomic mass is 10.1. The lowest BCUT2D eigenvalue weighted by Gasteiger charge is -2.07. The molecule has 0 amide bonds. The van der Waals surface area contributed by atoms with Gasteiger partial charge < -0.3 is 11.5 Å². The molecule has 5 heteroatoms. The zero-order valence-corrected chi connectivity index (χ0v) is 8.43. The van der Waals surface area contributed by atoms with Crippen molar-refractivity contribution in [1.29, 1.82) is 0 Å². The van der Waals surface area contributed by atoms with Crippen molar-refractivity contribution in [3.05, 3.63) is 29.3 Å². The number of benzene rings is 1. The molecule has 0 heterocycles. The van der Waals surface area contributed by atoms with Crippen LogP contribution in [0.15, 0.2) is 18.2 Å². The minimum atomic E-state index is -4.38. The number of hydrogen-bond acceptors (Lipinski definition) is 2. The molecule has 86 valence electrons. The highest BCUT2D eigenvalue weighted by atomic mass is 19.4. The molecule has 1 rings (SSSR count). The maximum atomic E-state index is 12.3. The quantitative estimate of drug-likeness (QED) is 0.570. The third kappa shape index (κ3) is 3.17. The van der Waals surface area contributed by atoms with Gasteiger partial charge in [0, 0.05) is 24.2 Å². The zero-order chi connectivity index (χ0) is 12.2. The summed E-state index contributed by atoms with van der Waals surface area (Å²) >= 11 is 0. The van der Waals surface area contributed by atoms with E-state index in [2.05, 4.69) is 11.8 Å². The molecule has 0 bridgehead atoms. The van der Waals surface area contributed by atoms with E-state index >= 15 is 0 Å². The molecule has 1 aromatic rings. The van der Waals surface area contributed by atoms with Gasteiger partial charge in [-0.25, -0.2) is 0 Å². The van der Waals surface area contributed by atoms with Crippen LogP contribution in [-0.2, 0) is 6.18 Å². The molecule has 0 aliphatic rings. The van der Waals surface area contributed by atoms with Crippen molar-refractivity contribution in [3.8, 4) is 11.8 Å². The van der Waals surface area contributed by atoms with Gasteiger partial charge in [-0.15, -0.1) is 0 Å². The van der Waals surface area contributed by atoms with E-state index in [-0.39, 0.29) is 5.69 Å². The predicted molar refractivity (Wildman–Crippen MR) is 56.4 cm³/mol. The summed E-state index contributed by atoms with van der Waals surface area (Å²) in [6, 6.07) is 3.11. The van der Waals surface area contributed by atoms with Gasteiger partial charge in [-0.2, -0.15) is 13.2 Å². The molecule has 16 heavy (non-hydrogen) atoms. The van der Waals surface area contributed by atoms with Gasteiger partial charge in [0.05, 0.1) is 5.56 Å². The van der Waals surface area contributed by atoms with Crippen molar-refractivity contribution < 1.29 is 13.2 Å². The van der Waals surface area contributed by atoms with E-state index in [9.17, 15) is 13.2 Å². The molecule has 0 saturated carbocycles. The molecule has 0 aromatic heterocycles. The Labute approximate surface area is 91.4 Å². The maximum absolute atomic E-state index is 12.3. The fourth-order valence-corrected chi connectivity index (χ4v) is 1.08. The van der Waals surface area contributed by atoms with Crippen LogP contribution in [0.4, 0.5) is 18.9 Å². The number of nitrogen functional groups attached to an aromatic ring is 1. The Kier molecular flexibility index (Phi) is 3.80. The summed E-state index contributed by atoms with van der Waals surface area (Å²) < 4.78 is 36.9. The molecule has 0 unspecified atom stereocenters. The first kappa shape index (κ1) is 12.4. The van der Waals surface area contributed by atoms with E-state index in [0.717, 1.165) is 12.1 Å². The minimum Gasteiger partial charge on any atom is -0.398 e. The zero-order valence-electron chi connectivity index (χ0n) is 8.43. The van der Waals surface area contributed by atoms with Gasteiger partial charge in [-0.05, 0) is 18.2 Å². The van der Waals surface area contributed by atoms with Crippen LogP contribution in [0.25, 0.3) is 0 Å². The molecular formula is C11H11F3N2. The third-order valence-corrected chi connectivity index (χ3v) is 1.87. The van der Waals surface area contributed by atoms with Crippen molar-refractivity contribution in [2.75, 3.05) is 12.3 Å². The van der Waals surface area contributed by atoms with Gasteiger partial charge in [0.2, 0.25) is 0 Å². The Hall–Kier alpha value is -1.67. The van der Waals surface area contributed by atoms with Crippen molar-refractivity contribution >= 4 is 5.69 Å². The van der Waals surface area contributed by atoms with Gasteiger partial charge in [-0.1, -0.05) is 11.8 Å². The first-order valence-electron chi connectivity index (χ1n) is 4.61. The number of nitrogens with two attached hydrogens (primary N) is 2. The summed E-state index contributed by atoms with van der Waals surface area (Å²) in [5.41, 5.74) is 10.3. The molecule has 2 nitrogen and oxygen atoms in total. The molecule has 0 aliphatic carbocycles. The van der Waals surface area contributed by atoms with Crippen molar-refractivity contribution in [1.82, 2.24) is 0 Å². The molecule has 0 fully saturated rings. The minimum absolute atomic E-state index is 0.0272. The lowest BCUT2D eigenvalue weighted by Crippen LogP contribution is -2.06. The van der Waals surface area contributed by atoms with Crippen LogP contribution in [0.5, 0.6) is 0 Å². The van der Waals surface area contributed by atoms with Crippen LogP contribution in [0.3, 0.4) is 0 Å². The highest BCUT2D eigenvalue weighted by Gasteiger charge is 2.30. The normalized spacial score (nSPS) is 10.8. The van der Waals surface area contributed by atoms with Crippen molar-refractivity contribution in [2.45, 2.75) is 12.6 Å². The second-order valence-corrected chi connectivity index (χ2v) is 3.14. The number of rotatable bonds is 1. The SMILES string of the molecule is NCCC#Cc1ccc(C(F)(F)F)cc1N.